The number of carbonyl (C=O) groups excluding carboxylic acids is 3. The summed E-state index contributed by atoms with van der Waals surface area (Å²) in [5.74, 6) is -2.05. The number of hydrazine groups is 1. The number of hydrogen-bond donors (Lipinski definition) is 3. The molecule has 2 aromatic carbocycles. The summed E-state index contributed by atoms with van der Waals surface area (Å²) in [5.41, 5.74) is 4.83. The second-order valence-corrected chi connectivity index (χ2v) is 4.81. The zero-order valence-corrected chi connectivity index (χ0v) is 13.3. The van der Waals surface area contributed by atoms with Crippen LogP contribution in [-0.4, -0.2) is 24.5 Å². The van der Waals surface area contributed by atoms with Gasteiger partial charge in [-0.15, -0.1) is 0 Å². The summed E-state index contributed by atoms with van der Waals surface area (Å²) in [6.07, 6.45) is -0.600. The standard InChI is InChI=1S/C17H16FN3O4/c1-2-25-17(24)19-12-9-7-11(8-10-12)15(22)20-21-16(23)13-5-3-4-6-14(13)18/h3-10H,2H2,1H3,(H,19,24)(H,20,22)(H,21,23). The van der Waals surface area contributed by atoms with Gasteiger partial charge in [0, 0.05) is 11.3 Å². The number of anilines is 1. The van der Waals surface area contributed by atoms with E-state index in [4.69, 9.17) is 4.74 Å². The fourth-order valence-corrected chi connectivity index (χ4v) is 1.89. The third-order valence-electron chi connectivity index (χ3n) is 3.08. The van der Waals surface area contributed by atoms with Gasteiger partial charge in [0.1, 0.15) is 5.82 Å². The monoisotopic (exact) mass is 345 g/mol. The summed E-state index contributed by atoms with van der Waals surface area (Å²) in [6.45, 7) is 1.93. The minimum Gasteiger partial charge on any atom is -0.450 e. The zero-order valence-electron chi connectivity index (χ0n) is 13.3. The molecule has 3 N–H and O–H groups in total. The molecule has 0 aromatic heterocycles. The molecule has 0 aliphatic heterocycles. The van der Waals surface area contributed by atoms with E-state index >= 15 is 0 Å². The minimum atomic E-state index is -0.771. The van der Waals surface area contributed by atoms with Crippen molar-refractivity contribution in [1.82, 2.24) is 10.9 Å². The summed E-state index contributed by atoms with van der Waals surface area (Å²) < 4.78 is 18.2. The molecule has 0 spiro atoms. The maximum absolute atomic E-state index is 13.5. The Kier molecular flexibility index (Phi) is 6.05. The first-order chi connectivity index (χ1) is 12.0. The lowest BCUT2D eigenvalue weighted by atomic mass is 10.2. The lowest BCUT2D eigenvalue weighted by molar-refractivity contribution is 0.0844. The SMILES string of the molecule is CCOC(=O)Nc1ccc(C(=O)NNC(=O)c2ccccc2F)cc1. The fourth-order valence-electron chi connectivity index (χ4n) is 1.89. The van der Waals surface area contributed by atoms with Crippen molar-refractivity contribution >= 4 is 23.6 Å². The van der Waals surface area contributed by atoms with Crippen LogP contribution in [0.3, 0.4) is 0 Å². The number of rotatable bonds is 4. The topological polar surface area (TPSA) is 96.5 Å². The lowest BCUT2D eigenvalue weighted by Gasteiger charge is -2.09. The van der Waals surface area contributed by atoms with Gasteiger partial charge in [0.25, 0.3) is 11.8 Å². The highest BCUT2D eigenvalue weighted by atomic mass is 19.1. The van der Waals surface area contributed by atoms with Crippen LogP contribution in [0.2, 0.25) is 0 Å². The van der Waals surface area contributed by atoms with Crippen molar-refractivity contribution in [2.24, 2.45) is 0 Å². The van der Waals surface area contributed by atoms with E-state index in [1.807, 2.05) is 0 Å². The number of benzene rings is 2. The molecule has 0 unspecified atom stereocenters. The maximum Gasteiger partial charge on any atom is 0.411 e. The summed E-state index contributed by atoms with van der Waals surface area (Å²) >= 11 is 0. The largest absolute Gasteiger partial charge is 0.450 e. The number of amides is 3. The molecule has 25 heavy (non-hydrogen) atoms. The Labute approximate surface area is 143 Å². The second-order valence-electron chi connectivity index (χ2n) is 4.81. The highest BCUT2D eigenvalue weighted by Crippen LogP contribution is 2.10. The number of nitrogens with one attached hydrogen (secondary N) is 3. The van der Waals surface area contributed by atoms with Crippen LogP contribution in [0.5, 0.6) is 0 Å². The molecule has 0 fully saturated rings. The molecule has 0 aliphatic carbocycles. The van der Waals surface area contributed by atoms with Gasteiger partial charge in [0.15, 0.2) is 0 Å². The van der Waals surface area contributed by atoms with Crippen LogP contribution in [0.1, 0.15) is 27.6 Å². The van der Waals surface area contributed by atoms with Gasteiger partial charge < -0.3 is 4.74 Å². The van der Waals surface area contributed by atoms with Crippen LogP contribution < -0.4 is 16.2 Å². The summed E-state index contributed by atoms with van der Waals surface area (Å²) in [4.78, 5) is 35.1. The van der Waals surface area contributed by atoms with Crippen LogP contribution in [-0.2, 0) is 4.74 Å². The highest BCUT2D eigenvalue weighted by molar-refractivity contribution is 5.99. The third-order valence-corrected chi connectivity index (χ3v) is 3.08. The molecule has 2 aromatic rings. The average Bonchev–Trinajstić information content (AvgIpc) is 2.60. The van der Waals surface area contributed by atoms with E-state index in [2.05, 4.69) is 16.2 Å². The van der Waals surface area contributed by atoms with Crippen molar-refractivity contribution in [3.05, 3.63) is 65.5 Å². The van der Waals surface area contributed by atoms with Gasteiger partial charge in [0.05, 0.1) is 12.2 Å². The van der Waals surface area contributed by atoms with Crippen LogP contribution in [0.25, 0.3) is 0 Å². The van der Waals surface area contributed by atoms with E-state index in [0.717, 1.165) is 6.07 Å². The molecule has 7 nitrogen and oxygen atoms in total. The van der Waals surface area contributed by atoms with Gasteiger partial charge >= 0.3 is 6.09 Å². The number of ether oxygens (including phenoxy) is 1. The van der Waals surface area contributed by atoms with Crippen molar-refractivity contribution in [3.63, 3.8) is 0 Å². The summed E-state index contributed by atoms with van der Waals surface area (Å²) in [5, 5.41) is 2.48. The molecule has 0 bridgehead atoms. The Bertz CT molecular complexity index is 778. The first-order valence-electron chi connectivity index (χ1n) is 7.40. The Hall–Kier alpha value is -3.42. The first kappa shape index (κ1) is 17.9. The Morgan fingerprint density at radius 2 is 1.60 bits per heavy atom. The normalized spacial score (nSPS) is 9.84. The molecule has 0 aliphatic rings. The predicted octanol–water partition coefficient (Wildman–Crippen LogP) is 2.47. The van der Waals surface area contributed by atoms with Crippen LogP contribution in [0.15, 0.2) is 48.5 Å². The van der Waals surface area contributed by atoms with Gasteiger partial charge in [-0.3, -0.25) is 25.8 Å². The molecule has 0 radical (unpaired) electrons. The van der Waals surface area contributed by atoms with Crippen LogP contribution in [0.4, 0.5) is 14.9 Å². The minimum absolute atomic E-state index is 0.184. The Balaban J connectivity index is 1.91. The van der Waals surface area contributed by atoms with Gasteiger partial charge in [-0.2, -0.15) is 0 Å². The fraction of sp³-hybridized carbons (Fsp3) is 0.118. The molecule has 3 amide bonds. The average molecular weight is 345 g/mol. The number of halogens is 1. The molecule has 0 heterocycles. The highest BCUT2D eigenvalue weighted by Gasteiger charge is 2.12. The number of carbonyl (C=O) groups is 3. The molecular weight excluding hydrogens is 329 g/mol. The van der Waals surface area contributed by atoms with Gasteiger partial charge in [0.2, 0.25) is 0 Å². The molecule has 130 valence electrons. The van der Waals surface area contributed by atoms with E-state index in [-0.39, 0.29) is 17.7 Å². The van der Waals surface area contributed by atoms with Crippen molar-refractivity contribution in [2.75, 3.05) is 11.9 Å². The van der Waals surface area contributed by atoms with Crippen molar-refractivity contribution < 1.29 is 23.5 Å². The van der Waals surface area contributed by atoms with Crippen molar-refractivity contribution in [2.45, 2.75) is 6.92 Å². The molecule has 2 rings (SSSR count). The second kappa shape index (κ2) is 8.44. The third kappa shape index (κ3) is 5.03. The summed E-state index contributed by atoms with van der Waals surface area (Å²) in [7, 11) is 0. The van der Waals surface area contributed by atoms with E-state index in [9.17, 15) is 18.8 Å². The van der Waals surface area contributed by atoms with Crippen molar-refractivity contribution in [3.8, 4) is 0 Å². The summed E-state index contributed by atoms with van der Waals surface area (Å²) in [6, 6.07) is 11.3. The Morgan fingerprint density at radius 3 is 2.24 bits per heavy atom. The van der Waals surface area contributed by atoms with Crippen LogP contribution >= 0.6 is 0 Å². The maximum atomic E-state index is 13.5. The predicted molar refractivity (Wildman–Crippen MR) is 88.4 cm³/mol. The molecular formula is C17H16FN3O4. The molecule has 0 atom stereocenters. The molecule has 8 heteroatoms. The van der Waals surface area contributed by atoms with E-state index in [1.54, 1.807) is 6.92 Å². The van der Waals surface area contributed by atoms with E-state index in [0.29, 0.717) is 5.69 Å². The van der Waals surface area contributed by atoms with E-state index < -0.39 is 23.7 Å². The Morgan fingerprint density at radius 1 is 0.960 bits per heavy atom. The quantitative estimate of drug-likeness (QED) is 0.742. The zero-order chi connectivity index (χ0) is 18.2. The smallest absolute Gasteiger partial charge is 0.411 e. The van der Waals surface area contributed by atoms with Gasteiger partial charge in [-0.05, 0) is 43.3 Å². The van der Waals surface area contributed by atoms with E-state index in [1.165, 1.54) is 42.5 Å². The van der Waals surface area contributed by atoms with Gasteiger partial charge in [-0.1, -0.05) is 12.1 Å². The number of hydrogen-bond acceptors (Lipinski definition) is 4. The molecule has 0 saturated heterocycles. The molecule has 0 saturated carbocycles. The van der Waals surface area contributed by atoms with Gasteiger partial charge in [-0.25, -0.2) is 9.18 Å². The first-order valence-corrected chi connectivity index (χ1v) is 7.40. The van der Waals surface area contributed by atoms with Crippen molar-refractivity contribution in [1.29, 1.82) is 0 Å². The van der Waals surface area contributed by atoms with Crippen LogP contribution in [0, 0.1) is 5.82 Å². The lowest BCUT2D eigenvalue weighted by Crippen LogP contribution is -2.41.